The average molecular weight is 846 g/mol. The van der Waals surface area contributed by atoms with Gasteiger partial charge in [0.2, 0.25) is 0 Å². The van der Waals surface area contributed by atoms with Crippen LogP contribution in [0.25, 0.3) is 0 Å². The second-order valence-electron chi connectivity index (χ2n) is 16.0. The van der Waals surface area contributed by atoms with Crippen molar-refractivity contribution < 1.29 is 38.2 Å². The van der Waals surface area contributed by atoms with Crippen molar-refractivity contribution in [2.24, 2.45) is 0 Å². The van der Waals surface area contributed by atoms with Gasteiger partial charge in [-0.15, -0.1) is 0 Å². The van der Waals surface area contributed by atoms with Crippen LogP contribution in [0.4, 0.5) is 0 Å². The van der Waals surface area contributed by atoms with Crippen LogP contribution in [0.1, 0.15) is 142 Å². The van der Waals surface area contributed by atoms with Crippen LogP contribution in [0.3, 0.4) is 0 Å². The molecule has 0 aliphatic heterocycles. The summed E-state index contributed by atoms with van der Waals surface area (Å²) in [5.41, 5.74) is 0. The van der Waals surface area contributed by atoms with Gasteiger partial charge in [0, 0.05) is 19.3 Å². The second-order valence-corrected chi connectivity index (χ2v) is 16.0. The zero-order chi connectivity index (χ0) is 44.9. The monoisotopic (exact) mass is 846 g/mol. The molecule has 0 heterocycles. The molecule has 342 valence electrons. The third kappa shape index (κ3) is 40.9. The van der Waals surface area contributed by atoms with Crippen molar-refractivity contribution in [3.8, 4) is 0 Å². The lowest BCUT2D eigenvalue weighted by Gasteiger charge is -2.34. The summed E-state index contributed by atoms with van der Waals surface area (Å²) in [6, 6.07) is -0.751. The minimum Gasteiger partial charge on any atom is -0.544 e. The number of ether oxygens (including phenoxy) is 3. The summed E-state index contributed by atoms with van der Waals surface area (Å²) >= 11 is 0. The molecule has 0 rings (SSSR count). The Morgan fingerprint density at radius 1 is 0.525 bits per heavy atom. The number of aliphatic carboxylic acids is 1. The number of carboxylic acid groups (broad SMARTS) is 1. The lowest BCUT2D eigenvalue weighted by atomic mass is 10.1. The third-order valence-electron chi connectivity index (χ3n) is 9.44. The molecule has 0 aromatic carbocycles. The SMILES string of the molecule is CC/C=C/C/C=C/C/C=C/C/C=C/C/C=C/C/C=C/CCC(=O)OC(COCCC(C(=O)[O-])[N+](C)(C)C)COC(=O)CCCCCCC/C=C/C=C/C=C/C=C/CCCCC. The average Bonchev–Trinajstić information content (AvgIpc) is 3.22. The molecule has 0 aromatic rings. The Morgan fingerprint density at radius 3 is 1.54 bits per heavy atom. The number of likely N-dealkylation sites (N-methyl/N-ethyl adjacent to an activating group) is 1. The van der Waals surface area contributed by atoms with Gasteiger partial charge >= 0.3 is 11.9 Å². The van der Waals surface area contributed by atoms with E-state index in [-0.39, 0.29) is 43.1 Å². The highest BCUT2D eigenvalue weighted by Crippen LogP contribution is 2.11. The molecule has 2 unspecified atom stereocenters. The highest BCUT2D eigenvalue weighted by atomic mass is 16.6. The van der Waals surface area contributed by atoms with E-state index in [2.05, 4.69) is 111 Å². The molecule has 0 radical (unpaired) electrons. The predicted molar refractivity (Wildman–Crippen MR) is 254 cm³/mol. The minimum atomic E-state index is -1.15. The Kier molecular flexibility index (Phi) is 39.5. The van der Waals surface area contributed by atoms with Crippen molar-refractivity contribution in [1.82, 2.24) is 0 Å². The Balaban J connectivity index is 4.53. The molecule has 0 spiro atoms. The second kappa shape index (κ2) is 42.4. The number of hydrogen-bond acceptors (Lipinski definition) is 7. The molecule has 8 nitrogen and oxygen atoms in total. The highest BCUT2D eigenvalue weighted by molar-refractivity contribution is 5.70. The summed E-state index contributed by atoms with van der Waals surface area (Å²) in [6.45, 7) is 4.37. The fourth-order valence-electron chi connectivity index (χ4n) is 5.87. The highest BCUT2D eigenvalue weighted by Gasteiger charge is 2.25. The molecule has 0 fully saturated rings. The largest absolute Gasteiger partial charge is 0.544 e. The van der Waals surface area contributed by atoms with Crippen molar-refractivity contribution in [3.63, 3.8) is 0 Å². The number of quaternary nitrogens is 1. The van der Waals surface area contributed by atoms with Gasteiger partial charge in [-0.3, -0.25) is 9.59 Å². The van der Waals surface area contributed by atoms with Crippen molar-refractivity contribution in [1.29, 1.82) is 0 Å². The molecule has 0 aliphatic rings. The zero-order valence-electron chi connectivity index (χ0n) is 38.8. The number of allylic oxidation sites excluding steroid dienone is 20. The van der Waals surface area contributed by atoms with E-state index in [1.165, 1.54) is 19.3 Å². The first kappa shape index (κ1) is 56.7. The van der Waals surface area contributed by atoms with Crippen molar-refractivity contribution >= 4 is 17.9 Å². The maximum Gasteiger partial charge on any atom is 0.306 e. The fraction of sp³-hybridized carbons (Fsp3) is 0.566. The number of hydrogen-bond donors (Lipinski definition) is 0. The summed E-state index contributed by atoms with van der Waals surface area (Å²) in [5, 5.41) is 11.6. The molecular formula is C53H83NO7. The van der Waals surface area contributed by atoms with Gasteiger partial charge in [-0.2, -0.15) is 0 Å². The predicted octanol–water partition coefficient (Wildman–Crippen LogP) is 11.7. The Hall–Kier alpha value is -4.27. The van der Waals surface area contributed by atoms with Gasteiger partial charge in [-0.05, 0) is 77.0 Å². The smallest absolute Gasteiger partial charge is 0.306 e. The molecule has 2 atom stereocenters. The number of carbonyl (C=O) groups is 3. The molecule has 61 heavy (non-hydrogen) atoms. The summed E-state index contributed by atoms with van der Waals surface area (Å²) < 4.78 is 17.1. The van der Waals surface area contributed by atoms with E-state index in [1.54, 1.807) is 21.1 Å². The molecule has 0 saturated carbocycles. The quantitative estimate of drug-likeness (QED) is 0.0200. The van der Waals surface area contributed by atoms with E-state index < -0.39 is 24.1 Å². The lowest BCUT2D eigenvalue weighted by molar-refractivity contribution is -0.889. The van der Waals surface area contributed by atoms with Crippen LogP contribution >= 0.6 is 0 Å². The first-order valence-electron chi connectivity index (χ1n) is 23.1. The summed E-state index contributed by atoms with van der Waals surface area (Å²) in [7, 11) is 5.36. The van der Waals surface area contributed by atoms with Crippen molar-refractivity contribution in [2.75, 3.05) is 41.0 Å². The van der Waals surface area contributed by atoms with E-state index in [4.69, 9.17) is 14.2 Å². The minimum absolute atomic E-state index is 0.00663. The number of esters is 2. The van der Waals surface area contributed by atoms with Crippen LogP contribution in [-0.2, 0) is 28.6 Å². The van der Waals surface area contributed by atoms with Gasteiger partial charge in [0.25, 0.3) is 0 Å². The molecule has 0 N–H and O–H groups in total. The van der Waals surface area contributed by atoms with Gasteiger partial charge in [-0.1, -0.05) is 167 Å². The van der Waals surface area contributed by atoms with Crippen LogP contribution in [0.5, 0.6) is 0 Å². The van der Waals surface area contributed by atoms with Gasteiger partial charge in [0.15, 0.2) is 6.10 Å². The Labute approximate surface area is 371 Å². The molecule has 0 saturated heterocycles. The molecule has 0 aromatic heterocycles. The summed E-state index contributed by atoms with van der Waals surface area (Å²) in [6.07, 6.45) is 59.5. The van der Waals surface area contributed by atoms with Crippen molar-refractivity contribution in [2.45, 2.75) is 154 Å². The molecule has 0 bridgehead atoms. The van der Waals surface area contributed by atoms with E-state index in [0.717, 1.165) is 83.5 Å². The van der Waals surface area contributed by atoms with Crippen LogP contribution < -0.4 is 5.11 Å². The Morgan fingerprint density at radius 2 is 1.02 bits per heavy atom. The van der Waals surface area contributed by atoms with Crippen LogP contribution in [0, 0.1) is 0 Å². The topological polar surface area (TPSA) is 102 Å². The first-order chi connectivity index (χ1) is 29.6. The van der Waals surface area contributed by atoms with Crippen LogP contribution in [0.15, 0.2) is 122 Å². The van der Waals surface area contributed by atoms with E-state index in [0.29, 0.717) is 12.8 Å². The van der Waals surface area contributed by atoms with Crippen molar-refractivity contribution in [3.05, 3.63) is 122 Å². The van der Waals surface area contributed by atoms with E-state index >= 15 is 0 Å². The van der Waals surface area contributed by atoms with Crippen LogP contribution in [-0.4, -0.2) is 75.5 Å². The maximum atomic E-state index is 12.7. The number of rotatable bonds is 39. The maximum absolute atomic E-state index is 12.7. The molecule has 0 aliphatic carbocycles. The lowest BCUT2D eigenvalue weighted by Crippen LogP contribution is -2.55. The molecular weight excluding hydrogens is 763 g/mol. The molecule has 0 amide bonds. The van der Waals surface area contributed by atoms with Gasteiger partial charge < -0.3 is 28.6 Å². The first-order valence-corrected chi connectivity index (χ1v) is 23.1. The number of unbranched alkanes of at least 4 members (excludes halogenated alkanes) is 8. The Bertz CT molecular complexity index is 1400. The molecule has 8 heteroatoms. The summed E-state index contributed by atoms with van der Waals surface area (Å²) in [4.78, 5) is 36.9. The number of nitrogens with zero attached hydrogens (tertiary/aromatic N) is 1. The van der Waals surface area contributed by atoms with Gasteiger partial charge in [0.1, 0.15) is 12.6 Å². The summed E-state index contributed by atoms with van der Waals surface area (Å²) in [5.74, 6) is -1.89. The zero-order valence-corrected chi connectivity index (χ0v) is 38.8. The number of carboxylic acids is 1. The van der Waals surface area contributed by atoms with Crippen LogP contribution in [0.2, 0.25) is 0 Å². The third-order valence-corrected chi connectivity index (χ3v) is 9.44. The van der Waals surface area contributed by atoms with E-state index in [9.17, 15) is 19.5 Å². The number of carbonyl (C=O) groups excluding carboxylic acids is 3. The van der Waals surface area contributed by atoms with Gasteiger partial charge in [-0.25, -0.2) is 0 Å². The van der Waals surface area contributed by atoms with E-state index in [1.807, 2.05) is 24.3 Å². The normalized spacial score (nSPS) is 14.0. The van der Waals surface area contributed by atoms with Gasteiger partial charge in [0.05, 0.1) is 40.3 Å². The fourth-order valence-corrected chi connectivity index (χ4v) is 5.87. The standard InChI is InChI=1S/C53H83NO7/c1-6-8-10-12-14-16-18-20-22-24-26-28-30-32-34-36-38-40-42-44-52(56)61-49(47-59-46-45-50(53(57)58)54(3,4)5)48-60-51(55)43-41-39-37-35-33-31-29-27-25-23-21-19-17-15-13-11-9-7-2/h8,10,14-17,19-23,25-29,32,34,38,40,49-50H,6-7,9,11-13,18,24,30-31,33,35-37,39,41-48H2,1-5H3/b10-8+,16-14+,17-15+,21-19+,22-20+,25-23+,28-26+,29-27+,34-32+,40-38+.